The molecule has 17 heavy (non-hydrogen) atoms. The van der Waals surface area contributed by atoms with Crippen molar-refractivity contribution in [3.8, 4) is 0 Å². The number of benzene rings is 1. The number of thioether (sulfide) groups is 1. The molecule has 3 nitrogen and oxygen atoms in total. The van der Waals surface area contributed by atoms with E-state index >= 15 is 0 Å². The van der Waals surface area contributed by atoms with Gasteiger partial charge >= 0.3 is 0 Å². The number of rotatable bonds is 4. The molecule has 94 valence electrons. The maximum atomic E-state index is 11.6. The molecule has 4 heteroatoms. The van der Waals surface area contributed by atoms with E-state index < -0.39 is 0 Å². The maximum Gasteiger partial charge on any atom is 0.225 e. The van der Waals surface area contributed by atoms with Crippen LogP contribution in [-0.4, -0.2) is 16.4 Å². The molecular formula is C13H20N2OS. The first-order chi connectivity index (χ1) is 7.87. The Morgan fingerprint density at radius 2 is 2.12 bits per heavy atom. The van der Waals surface area contributed by atoms with Gasteiger partial charge in [-0.3, -0.25) is 4.79 Å². The fraction of sp³-hybridized carbons (Fsp3) is 0.462. The van der Waals surface area contributed by atoms with Crippen LogP contribution in [0.25, 0.3) is 0 Å². The first kappa shape index (κ1) is 13.9. The lowest BCUT2D eigenvalue weighted by Gasteiger charge is -2.17. The second-order valence-electron chi connectivity index (χ2n) is 4.88. The van der Waals surface area contributed by atoms with Gasteiger partial charge in [-0.1, -0.05) is 26.8 Å². The third-order valence-corrected chi connectivity index (χ3v) is 3.31. The molecule has 3 N–H and O–H groups in total. The number of carbonyl (C=O) groups is 1. The lowest BCUT2D eigenvalue weighted by molar-refractivity contribution is -0.115. The average Bonchev–Trinajstić information content (AvgIpc) is 2.15. The second kappa shape index (κ2) is 5.96. The summed E-state index contributed by atoms with van der Waals surface area (Å²) < 4.78 is 0.206. The van der Waals surface area contributed by atoms with Gasteiger partial charge in [0.1, 0.15) is 0 Å². The normalized spacial score (nSPS) is 11.2. The molecule has 0 saturated heterocycles. The van der Waals surface area contributed by atoms with Crippen molar-refractivity contribution < 1.29 is 4.79 Å². The predicted molar refractivity (Wildman–Crippen MR) is 76.3 cm³/mol. The second-order valence-corrected chi connectivity index (χ2v) is 6.81. The minimum Gasteiger partial charge on any atom is -0.399 e. The topological polar surface area (TPSA) is 55.1 Å². The average molecular weight is 252 g/mol. The van der Waals surface area contributed by atoms with Gasteiger partial charge in [0.25, 0.3) is 0 Å². The van der Waals surface area contributed by atoms with Crippen LogP contribution in [0.1, 0.15) is 27.2 Å². The molecule has 0 aliphatic heterocycles. The SMILES string of the molecule is CC(C)(C)SCCC(=O)Nc1cccc(N)c1. The Balaban J connectivity index is 2.35. The van der Waals surface area contributed by atoms with Gasteiger partial charge < -0.3 is 11.1 Å². The molecule has 0 unspecified atom stereocenters. The van der Waals surface area contributed by atoms with Gasteiger partial charge in [-0.25, -0.2) is 0 Å². The van der Waals surface area contributed by atoms with Crippen LogP contribution in [0.15, 0.2) is 24.3 Å². The molecule has 0 spiro atoms. The molecule has 1 amide bonds. The number of hydrogen-bond acceptors (Lipinski definition) is 3. The van der Waals surface area contributed by atoms with E-state index in [0.29, 0.717) is 12.1 Å². The van der Waals surface area contributed by atoms with Crippen LogP contribution in [0.2, 0.25) is 0 Å². The molecule has 0 radical (unpaired) electrons. The molecule has 0 saturated carbocycles. The van der Waals surface area contributed by atoms with Gasteiger partial charge in [-0.05, 0) is 18.2 Å². The quantitative estimate of drug-likeness (QED) is 0.809. The van der Waals surface area contributed by atoms with Crippen molar-refractivity contribution in [2.45, 2.75) is 31.9 Å². The van der Waals surface area contributed by atoms with E-state index in [1.165, 1.54) is 0 Å². The Hall–Kier alpha value is -1.16. The standard InChI is InChI=1S/C13H20N2OS/c1-13(2,3)17-8-7-12(16)15-11-6-4-5-10(14)9-11/h4-6,9H,7-8,14H2,1-3H3,(H,15,16). The Labute approximate surface area is 107 Å². The number of carbonyl (C=O) groups excluding carboxylic acids is 1. The molecule has 0 aliphatic rings. The molecule has 1 aromatic rings. The fourth-order valence-corrected chi connectivity index (χ4v) is 2.19. The molecular weight excluding hydrogens is 232 g/mol. The Morgan fingerprint density at radius 3 is 2.71 bits per heavy atom. The van der Waals surface area contributed by atoms with Crippen molar-refractivity contribution in [3.63, 3.8) is 0 Å². The van der Waals surface area contributed by atoms with E-state index in [1.54, 1.807) is 23.9 Å². The van der Waals surface area contributed by atoms with Crippen molar-refractivity contribution in [2.75, 3.05) is 16.8 Å². The van der Waals surface area contributed by atoms with E-state index in [-0.39, 0.29) is 10.7 Å². The number of amides is 1. The zero-order valence-corrected chi connectivity index (χ0v) is 11.4. The molecule has 1 rings (SSSR count). The van der Waals surface area contributed by atoms with E-state index in [0.717, 1.165) is 11.4 Å². The van der Waals surface area contributed by atoms with Crippen LogP contribution in [0.4, 0.5) is 11.4 Å². The smallest absolute Gasteiger partial charge is 0.225 e. The third kappa shape index (κ3) is 6.22. The highest BCUT2D eigenvalue weighted by Crippen LogP contribution is 2.23. The lowest BCUT2D eigenvalue weighted by Crippen LogP contribution is -2.15. The molecule has 0 heterocycles. The van der Waals surface area contributed by atoms with Crippen LogP contribution in [0.3, 0.4) is 0 Å². The van der Waals surface area contributed by atoms with Gasteiger partial charge in [0, 0.05) is 28.3 Å². The van der Waals surface area contributed by atoms with Crippen molar-refractivity contribution >= 4 is 29.0 Å². The van der Waals surface area contributed by atoms with E-state index in [9.17, 15) is 4.79 Å². The van der Waals surface area contributed by atoms with Crippen molar-refractivity contribution in [1.82, 2.24) is 0 Å². The maximum absolute atomic E-state index is 11.6. The predicted octanol–water partition coefficient (Wildman–Crippen LogP) is 3.13. The zero-order valence-electron chi connectivity index (χ0n) is 10.6. The summed E-state index contributed by atoms with van der Waals surface area (Å²) in [5.74, 6) is 0.866. The minimum atomic E-state index is 0.0346. The Morgan fingerprint density at radius 1 is 1.41 bits per heavy atom. The molecule has 0 aromatic heterocycles. The molecule has 0 atom stereocenters. The van der Waals surface area contributed by atoms with Gasteiger partial charge in [-0.15, -0.1) is 0 Å². The summed E-state index contributed by atoms with van der Waals surface area (Å²) in [7, 11) is 0. The number of hydrogen-bond donors (Lipinski definition) is 2. The van der Waals surface area contributed by atoms with Crippen molar-refractivity contribution in [2.24, 2.45) is 0 Å². The first-order valence-electron chi connectivity index (χ1n) is 5.66. The first-order valence-corrected chi connectivity index (χ1v) is 6.65. The number of nitrogens with one attached hydrogen (secondary N) is 1. The lowest BCUT2D eigenvalue weighted by atomic mass is 10.3. The summed E-state index contributed by atoms with van der Waals surface area (Å²) in [6, 6.07) is 7.22. The third-order valence-electron chi connectivity index (χ3n) is 2.03. The summed E-state index contributed by atoms with van der Waals surface area (Å²) in [5.41, 5.74) is 7.06. The van der Waals surface area contributed by atoms with Gasteiger partial charge in [-0.2, -0.15) is 11.8 Å². The fourth-order valence-electron chi connectivity index (χ4n) is 1.29. The van der Waals surface area contributed by atoms with Crippen LogP contribution >= 0.6 is 11.8 Å². The van der Waals surface area contributed by atoms with E-state index in [4.69, 9.17) is 5.73 Å². The minimum absolute atomic E-state index is 0.0346. The van der Waals surface area contributed by atoms with Crippen molar-refractivity contribution in [1.29, 1.82) is 0 Å². The highest BCUT2D eigenvalue weighted by atomic mass is 32.2. The molecule has 1 aromatic carbocycles. The highest BCUT2D eigenvalue weighted by Gasteiger charge is 2.11. The summed E-state index contributed by atoms with van der Waals surface area (Å²) in [5, 5.41) is 2.84. The highest BCUT2D eigenvalue weighted by molar-refractivity contribution is 8.00. The molecule has 0 fully saturated rings. The summed E-state index contributed by atoms with van der Waals surface area (Å²) in [6.07, 6.45) is 0.525. The summed E-state index contributed by atoms with van der Waals surface area (Å²) in [6.45, 7) is 6.44. The van der Waals surface area contributed by atoms with Gasteiger partial charge in [0.2, 0.25) is 5.91 Å². The van der Waals surface area contributed by atoms with Crippen LogP contribution in [0, 0.1) is 0 Å². The number of nitrogen functional groups attached to an aromatic ring is 1. The Kier molecular flexibility index (Phi) is 4.87. The summed E-state index contributed by atoms with van der Waals surface area (Å²) >= 11 is 1.79. The zero-order chi connectivity index (χ0) is 12.9. The van der Waals surface area contributed by atoms with E-state index in [1.807, 2.05) is 12.1 Å². The van der Waals surface area contributed by atoms with Crippen LogP contribution < -0.4 is 11.1 Å². The monoisotopic (exact) mass is 252 g/mol. The van der Waals surface area contributed by atoms with Gasteiger partial charge in [0.15, 0.2) is 0 Å². The van der Waals surface area contributed by atoms with Crippen LogP contribution in [0.5, 0.6) is 0 Å². The van der Waals surface area contributed by atoms with Crippen LogP contribution in [-0.2, 0) is 4.79 Å². The van der Waals surface area contributed by atoms with E-state index in [2.05, 4.69) is 26.1 Å². The van der Waals surface area contributed by atoms with Gasteiger partial charge in [0.05, 0.1) is 0 Å². The molecule has 0 aliphatic carbocycles. The summed E-state index contributed by atoms with van der Waals surface area (Å²) in [4.78, 5) is 11.6. The van der Waals surface area contributed by atoms with Crippen molar-refractivity contribution in [3.05, 3.63) is 24.3 Å². The Bertz CT molecular complexity index is 385. The number of nitrogens with two attached hydrogens (primary N) is 1. The molecule has 0 bridgehead atoms. The largest absolute Gasteiger partial charge is 0.399 e. The number of anilines is 2.